The second-order valence-corrected chi connectivity index (χ2v) is 7.60. The van der Waals surface area contributed by atoms with E-state index in [9.17, 15) is 13.2 Å². The van der Waals surface area contributed by atoms with Crippen molar-refractivity contribution in [2.24, 2.45) is 0 Å². The minimum atomic E-state index is -4.31. The van der Waals surface area contributed by atoms with E-state index in [4.69, 9.17) is 4.42 Å². The molecule has 0 aliphatic heterocycles. The Morgan fingerprint density at radius 3 is 2.48 bits per heavy atom. The number of rotatable bonds is 2. The van der Waals surface area contributed by atoms with Gasteiger partial charge in [-0.05, 0) is 0 Å². The Kier molecular flexibility index (Phi) is 4.03. The van der Waals surface area contributed by atoms with Crippen LogP contribution in [0.2, 0.25) is 0 Å². The summed E-state index contributed by atoms with van der Waals surface area (Å²) in [7, 11) is 0. The number of hydrogen-bond donors (Lipinski definition) is 0. The molecular formula is C15H8F3IOSe. The van der Waals surface area contributed by atoms with Crippen LogP contribution in [0.3, 0.4) is 0 Å². The predicted octanol–water partition coefficient (Wildman–Crippen LogP) is 3.71. The van der Waals surface area contributed by atoms with E-state index in [-0.39, 0.29) is 15.0 Å². The molecule has 3 aromatic rings. The summed E-state index contributed by atoms with van der Waals surface area (Å²) >= 11 is 1.89. The van der Waals surface area contributed by atoms with Gasteiger partial charge in [-0.25, -0.2) is 0 Å². The molecule has 0 aliphatic carbocycles. The Balaban J connectivity index is 1.97. The van der Waals surface area contributed by atoms with Crippen LogP contribution < -0.4 is 9.12 Å². The van der Waals surface area contributed by atoms with Crippen molar-refractivity contribution in [1.29, 1.82) is 0 Å². The fourth-order valence-electron chi connectivity index (χ4n) is 1.90. The number of furan rings is 1. The van der Waals surface area contributed by atoms with Gasteiger partial charge in [0.2, 0.25) is 0 Å². The van der Waals surface area contributed by atoms with Gasteiger partial charge in [-0.1, -0.05) is 0 Å². The van der Waals surface area contributed by atoms with Gasteiger partial charge in [0.1, 0.15) is 0 Å². The van der Waals surface area contributed by atoms with E-state index in [1.54, 1.807) is 6.07 Å². The Morgan fingerprint density at radius 1 is 1.00 bits per heavy atom. The van der Waals surface area contributed by atoms with Gasteiger partial charge < -0.3 is 0 Å². The van der Waals surface area contributed by atoms with Crippen LogP contribution >= 0.6 is 22.6 Å². The number of alkyl halides is 3. The van der Waals surface area contributed by atoms with E-state index in [0.717, 1.165) is 25.3 Å². The normalized spacial score (nSPS) is 12.0. The van der Waals surface area contributed by atoms with Crippen LogP contribution in [-0.4, -0.2) is 15.0 Å². The van der Waals surface area contributed by atoms with Crippen molar-refractivity contribution in [3.63, 3.8) is 0 Å². The number of benzene rings is 2. The van der Waals surface area contributed by atoms with Gasteiger partial charge in [-0.3, -0.25) is 0 Å². The van der Waals surface area contributed by atoms with E-state index >= 15 is 0 Å². The third kappa shape index (κ3) is 3.12. The monoisotopic (exact) mass is 468 g/mol. The molecule has 2 aromatic carbocycles. The SMILES string of the molecule is FC(F)(F)c1cccc([Se]c2oc3ccccc3c2I)c1. The molecule has 0 saturated carbocycles. The summed E-state index contributed by atoms with van der Waals surface area (Å²) in [5.41, 5.74) is 0.152. The molecule has 0 saturated heterocycles. The van der Waals surface area contributed by atoms with E-state index < -0.39 is 11.7 Å². The Labute approximate surface area is 138 Å². The summed E-state index contributed by atoms with van der Waals surface area (Å²) in [6.45, 7) is 0. The first kappa shape index (κ1) is 14.9. The molecule has 6 heteroatoms. The number of halogens is 4. The first-order valence-corrected chi connectivity index (χ1v) is 8.76. The number of fused-ring (bicyclic) bond motifs is 1. The van der Waals surface area contributed by atoms with Crippen LogP contribution in [-0.2, 0) is 6.18 Å². The average Bonchev–Trinajstić information content (AvgIpc) is 2.75. The summed E-state index contributed by atoms with van der Waals surface area (Å²) in [6.07, 6.45) is -4.31. The molecule has 0 spiro atoms. The summed E-state index contributed by atoms with van der Waals surface area (Å²) in [5, 5.41) is 1.00. The summed E-state index contributed by atoms with van der Waals surface area (Å²) in [6, 6.07) is 13.0. The molecule has 1 nitrogen and oxygen atoms in total. The molecule has 0 bridgehead atoms. The third-order valence-electron chi connectivity index (χ3n) is 2.88. The zero-order valence-electron chi connectivity index (χ0n) is 10.4. The van der Waals surface area contributed by atoms with Crippen molar-refractivity contribution < 1.29 is 17.6 Å². The molecule has 1 aromatic heterocycles. The Bertz CT molecular complexity index is 795. The molecule has 0 unspecified atom stereocenters. The van der Waals surface area contributed by atoms with Gasteiger partial charge in [0.15, 0.2) is 0 Å². The molecular weight excluding hydrogens is 459 g/mol. The van der Waals surface area contributed by atoms with Crippen LogP contribution in [0, 0.1) is 3.57 Å². The molecule has 0 amide bonds. The third-order valence-corrected chi connectivity index (χ3v) is 6.79. The Hall–Kier alpha value is -0.981. The molecule has 21 heavy (non-hydrogen) atoms. The van der Waals surface area contributed by atoms with Gasteiger partial charge in [0, 0.05) is 0 Å². The average molecular weight is 467 g/mol. The molecule has 0 N–H and O–H groups in total. The van der Waals surface area contributed by atoms with Gasteiger partial charge in [0.05, 0.1) is 0 Å². The molecule has 0 fully saturated rings. The van der Waals surface area contributed by atoms with Gasteiger partial charge in [-0.15, -0.1) is 0 Å². The van der Waals surface area contributed by atoms with E-state index in [1.165, 1.54) is 12.1 Å². The quantitative estimate of drug-likeness (QED) is 0.414. The van der Waals surface area contributed by atoms with Crippen molar-refractivity contribution in [3.8, 4) is 0 Å². The van der Waals surface area contributed by atoms with Crippen molar-refractivity contribution in [3.05, 3.63) is 57.7 Å². The number of para-hydroxylation sites is 1. The molecule has 3 rings (SSSR count). The summed E-state index contributed by atoms with van der Waals surface area (Å²) in [4.78, 5) is 0. The summed E-state index contributed by atoms with van der Waals surface area (Å²) < 4.78 is 46.3. The maximum absolute atomic E-state index is 12.7. The Morgan fingerprint density at radius 2 is 1.76 bits per heavy atom. The zero-order chi connectivity index (χ0) is 15.0. The first-order chi connectivity index (χ1) is 9.95. The fraction of sp³-hybridized carbons (Fsp3) is 0.0667. The van der Waals surface area contributed by atoms with Gasteiger partial charge >= 0.3 is 139 Å². The second-order valence-electron chi connectivity index (χ2n) is 4.33. The van der Waals surface area contributed by atoms with Crippen molar-refractivity contribution in [2.45, 2.75) is 6.18 Å². The van der Waals surface area contributed by atoms with Gasteiger partial charge in [0.25, 0.3) is 0 Å². The standard InChI is InChI=1S/C15H8F3IOSe/c16-15(17,18)9-4-3-5-10(8-9)21-14-13(19)11-6-1-2-7-12(11)20-14/h1-8H. The molecule has 0 atom stereocenters. The topological polar surface area (TPSA) is 13.1 Å². The second kappa shape index (κ2) is 5.66. The van der Waals surface area contributed by atoms with E-state index in [1.807, 2.05) is 24.3 Å². The van der Waals surface area contributed by atoms with Crippen LogP contribution in [0.15, 0.2) is 52.9 Å². The summed E-state index contributed by atoms with van der Waals surface area (Å²) in [5.74, 6) is 0. The van der Waals surface area contributed by atoms with Crippen molar-refractivity contribution >= 4 is 57.6 Å². The van der Waals surface area contributed by atoms with Crippen molar-refractivity contribution in [1.82, 2.24) is 0 Å². The van der Waals surface area contributed by atoms with E-state index in [2.05, 4.69) is 22.6 Å². The fourth-order valence-corrected chi connectivity index (χ4v) is 4.87. The van der Waals surface area contributed by atoms with Crippen LogP contribution in [0.5, 0.6) is 0 Å². The van der Waals surface area contributed by atoms with Crippen molar-refractivity contribution in [2.75, 3.05) is 0 Å². The van der Waals surface area contributed by atoms with Crippen LogP contribution in [0.1, 0.15) is 5.56 Å². The molecule has 1 heterocycles. The molecule has 108 valence electrons. The number of hydrogen-bond acceptors (Lipinski definition) is 1. The first-order valence-electron chi connectivity index (χ1n) is 5.97. The van der Waals surface area contributed by atoms with Crippen LogP contribution in [0.4, 0.5) is 13.2 Å². The zero-order valence-corrected chi connectivity index (χ0v) is 14.3. The molecule has 0 radical (unpaired) electrons. The van der Waals surface area contributed by atoms with E-state index in [0.29, 0.717) is 4.46 Å². The predicted molar refractivity (Wildman–Crippen MR) is 85.4 cm³/mol. The van der Waals surface area contributed by atoms with Crippen LogP contribution in [0.25, 0.3) is 11.0 Å². The molecule has 0 aliphatic rings. The minimum absolute atomic E-state index is 0.295. The van der Waals surface area contributed by atoms with Gasteiger partial charge in [-0.2, -0.15) is 0 Å². The maximum atomic E-state index is 12.7.